The first-order valence-corrected chi connectivity index (χ1v) is 6.03. The minimum atomic E-state index is -0.717. The van der Waals surface area contributed by atoms with Crippen LogP contribution in [0.15, 0.2) is 24.3 Å². The van der Waals surface area contributed by atoms with E-state index in [1.165, 1.54) is 14.1 Å². The molecule has 0 radical (unpaired) electrons. The lowest BCUT2D eigenvalue weighted by Gasteiger charge is -2.20. The van der Waals surface area contributed by atoms with Crippen LogP contribution in [0.25, 0.3) is 0 Å². The van der Waals surface area contributed by atoms with Crippen molar-refractivity contribution < 1.29 is 14.3 Å². The molecule has 0 atom stereocenters. The summed E-state index contributed by atoms with van der Waals surface area (Å²) in [4.78, 5) is 23.9. The highest BCUT2D eigenvalue weighted by molar-refractivity contribution is 5.91. The van der Waals surface area contributed by atoms with Gasteiger partial charge in [0.15, 0.2) is 0 Å². The summed E-state index contributed by atoms with van der Waals surface area (Å²) in [7, 11) is 2.81. The first kappa shape index (κ1) is 15.0. The summed E-state index contributed by atoms with van der Waals surface area (Å²) >= 11 is 0. The average molecular weight is 264 g/mol. The van der Waals surface area contributed by atoms with Gasteiger partial charge in [-0.25, -0.2) is 14.5 Å². The molecule has 3 amide bonds. The maximum Gasteiger partial charge on any atom is 0.423 e. The van der Waals surface area contributed by atoms with Gasteiger partial charge in [0, 0.05) is 14.1 Å². The van der Waals surface area contributed by atoms with Crippen LogP contribution in [0, 0.1) is 0 Å². The molecule has 0 saturated heterocycles. The molecule has 0 bridgehead atoms. The number of imide groups is 1. The molecule has 0 saturated carbocycles. The fourth-order valence-corrected chi connectivity index (χ4v) is 1.45. The predicted molar refractivity (Wildman–Crippen MR) is 73.4 cm³/mol. The van der Waals surface area contributed by atoms with Crippen molar-refractivity contribution in [1.82, 2.24) is 10.2 Å². The van der Waals surface area contributed by atoms with E-state index < -0.39 is 12.1 Å². The van der Waals surface area contributed by atoms with Gasteiger partial charge in [-0.3, -0.25) is 0 Å². The van der Waals surface area contributed by atoms with Crippen molar-refractivity contribution in [2.24, 2.45) is 0 Å². The second kappa shape index (κ2) is 5.73. The van der Waals surface area contributed by atoms with E-state index in [1.54, 1.807) is 12.1 Å². The second-order valence-electron chi connectivity index (χ2n) is 5.26. The lowest BCUT2D eigenvalue weighted by Crippen LogP contribution is -2.40. The van der Waals surface area contributed by atoms with Crippen LogP contribution in [0.5, 0.6) is 5.75 Å². The first-order valence-electron chi connectivity index (χ1n) is 6.03. The van der Waals surface area contributed by atoms with E-state index >= 15 is 0 Å². The number of urea groups is 1. The minimum absolute atomic E-state index is 0.0326. The van der Waals surface area contributed by atoms with Crippen molar-refractivity contribution >= 4 is 12.1 Å². The number of rotatable bonds is 1. The van der Waals surface area contributed by atoms with Gasteiger partial charge in [0.25, 0.3) is 0 Å². The summed E-state index contributed by atoms with van der Waals surface area (Å²) in [5, 5.41) is 2.35. The Morgan fingerprint density at radius 3 is 2.42 bits per heavy atom. The van der Waals surface area contributed by atoms with E-state index in [0.717, 1.165) is 10.5 Å². The number of nitrogens with zero attached hydrogens (tertiary/aromatic N) is 1. The molecule has 0 unspecified atom stereocenters. The highest BCUT2D eigenvalue weighted by Crippen LogP contribution is 2.25. The Kier molecular flexibility index (Phi) is 4.53. The van der Waals surface area contributed by atoms with Crippen LogP contribution in [-0.2, 0) is 5.41 Å². The summed E-state index contributed by atoms with van der Waals surface area (Å²) in [6.45, 7) is 6.22. The fourth-order valence-electron chi connectivity index (χ4n) is 1.45. The number of amides is 3. The Labute approximate surface area is 113 Å². The fraction of sp³-hybridized carbons (Fsp3) is 0.429. The predicted octanol–water partition coefficient (Wildman–Crippen LogP) is 2.75. The van der Waals surface area contributed by atoms with E-state index in [2.05, 4.69) is 26.1 Å². The highest BCUT2D eigenvalue weighted by atomic mass is 16.6. The lowest BCUT2D eigenvalue weighted by atomic mass is 9.87. The molecule has 19 heavy (non-hydrogen) atoms. The molecule has 0 heterocycles. The molecule has 5 nitrogen and oxygen atoms in total. The van der Waals surface area contributed by atoms with Gasteiger partial charge < -0.3 is 10.1 Å². The van der Waals surface area contributed by atoms with E-state index in [1.807, 2.05) is 12.1 Å². The lowest BCUT2D eigenvalue weighted by molar-refractivity contribution is 0.163. The van der Waals surface area contributed by atoms with Crippen LogP contribution in [0.4, 0.5) is 9.59 Å². The molecule has 0 aliphatic carbocycles. The third-order valence-electron chi connectivity index (χ3n) is 2.70. The van der Waals surface area contributed by atoms with Crippen molar-refractivity contribution in [3.63, 3.8) is 0 Å². The summed E-state index contributed by atoms with van der Waals surface area (Å²) < 4.78 is 5.16. The van der Waals surface area contributed by atoms with Crippen LogP contribution in [0.1, 0.15) is 26.3 Å². The number of ether oxygens (including phenoxy) is 1. The molecular weight excluding hydrogens is 244 g/mol. The van der Waals surface area contributed by atoms with Crippen LogP contribution in [0.2, 0.25) is 0 Å². The van der Waals surface area contributed by atoms with Crippen molar-refractivity contribution in [1.29, 1.82) is 0 Å². The van der Waals surface area contributed by atoms with E-state index in [4.69, 9.17) is 4.74 Å². The first-order chi connectivity index (χ1) is 8.75. The van der Waals surface area contributed by atoms with Gasteiger partial charge in [-0.15, -0.1) is 0 Å². The molecule has 5 heteroatoms. The molecule has 1 N–H and O–H groups in total. The van der Waals surface area contributed by atoms with Crippen LogP contribution >= 0.6 is 0 Å². The maximum absolute atomic E-state index is 11.7. The van der Waals surface area contributed by atoms with Gasteiger partial charge in [0.2, 0.25) is 0 Å². The molecule has 104 valence electrons. The molecule has 0 aromatic heterocycles. The Balaban J connectivity index is 2.83. The summed E-state index contributed by atoms with van der Waals surface area (Å²) in [5.74, 6) is 0.424. The number of hydrogen-bond acceptors (Lipinski definition) is 3. The van der Waals surface area contributed by atoms with Crippen LogP contribution in [0.3, 0.4) is 0 Å². The standard InChI is InChI=1S/C14H20N2O3/c1-14(2,3)10-7-6-8-11(9-10)19-13(18)16(5)12(17)15-4/h6-9H,1-5H3,(H,15,17). The number of nitrogens with one attached hydrogen (secondary N) is 1. The monoisotopic (exact) mass is 264 g/mol. The zero-order valence-corrected chi connectivity index (χ0v) is 12.0. The molecule has 0 aliphatic heterocycles. The van der Waals surface area contributed by atoms with Crippen molar-refractivity contribution in [2.75, 3.05) is 14.1 Å². The molecule has 1 rings (SSSR count). The summed E-state index contributed by atoms with van der Waals surface area (Å²) in [6.07, 6.45) is -0.717. The van der Waals surface area contributed by atoms with Gasteiger partial charge in [0.05, 0.1) is 0 Å². The third-order valence-corrected chi connectivity index (χ3v) is 2.70. The van der Waals surface area contributed by atoms with Crippen LogP contribution in [-0.4, -0.2) is 31.1 Å². The normalized spacial score (nSPS) is 10.8. The van der Waals surface area contributed by atoms with Gasteiger partial charge in [0.1, 0.15) is 5.75 Å². The summed E-state index contributed by atoms with van der Waals surface area (Å²) in [6, 6.07) is 6.76. The Morgan fingerprint density at radius 1 is 1.26 bits per heavy atom. The molecule has 1 aromatic rings. The number of benzene rings is 1. The smallest absolute Gasteiger partial charge is 0.410 e. The summed E-state index contributed by atoms with van der Waals surface area (Å²) in [5.41, 5.74) is 1.02. The SMILES string of the molecule is CNC(=O)N(C)C(=O)Oc1cccc(C(C)(C)C)c1. The number of carbonyl (C=O) groups excluding carboxylic acids is 2. The van der Waals surface area contributed by atoms with Gasteiger partial charge in [-0.05, 0) is 23.1 Å². The maximum atomic E-state index is 11.7. The topological polar surface area (TPSA) is 58.6 Å². The molecule has 1 aromatic carbocycles. The van der Waals surface area contributed by atoms with Crippen LogP contribution < -0.4 is 10.1 Å². The third kappa shape index (κ3) is 3.98. The molecular formula is C14H20N2O3. The zero-order chi connectivity index (χ0) is 14.6. The van der Waals surface area contributed by atoms with Crippen molar-refractivity contribution in [3.8, 4) is 5.75 Å². The van der Waals surface area contributed by atoms with Gasteiger partial charge in [-0.2, -0.15) is 0 Å². The Morgan fingerprint density at radius 2 is 1.89 bits per heavy atom. The van der Waals surface area contributed by atoms with E-state index in [0.29, 0.717) is 5.75 Å². The average Bonchev–Trinajstić information content (AvgIpc) is 2.36. The van der Waals surface area contributed by atoms with E-state index in [9.17, 15) is 9.59 Å². The molecule has 0 aliphatic rings. The zero-order valence-electron chi connectivity index (χ0n) is 12.0. The Hall–Kier alpha value is -2.04. The molecule has 0 fully saturated rings. The quantitative estimate of drug-likeness (QED) is 0.848. The van der Waals surface area contributed by atoms with Crippen molar-refractivity contribution in [2.45, 2.75) is 26.2 Å². The largest absolute Gasteiger partial charge is 0.423 e. The Bertz CT molecular complexity index is 478. The van der Waals surface area contributed by atoms with E-state index in [-0.39, 0.29) is 5.41 Å². The highest BCUT2D eigenvalue weighted by Gasteiger charge is 2.19. The minimum Gasteiger partial charge on any atom is -0.410 e. The second-order valence-corrected chi connectivity index (χ2v) is 5.26. The molecule has 0 spiro atoms. The van der Waals surface area contributed by atoms with Gasteiger partial charge >= 0.3 is 12.1 Å². The van der Waals surface area contributed by atoms with Gasteiger partial charge in [-0.1, -0.05) is 32.9 Å². The number of carbonyl (C=O) groups is 2. The number of hydrogen-bond donors (Lipinski definition) is 1. The van der Waals surface area contributed by atoms with Crippen molar-refractivity contribution in [3.05, 3.63) is 29.8 Å².